The molecule has 2 heterocycles. The summed E-state index contributed by atoms with van der Waals surface area (Å²) in [4.78, 5) is 0.376. The first kappa shape index (κ1) is 29.5. The van der Waals surface area contributed by atoms with Crippen LogP contribution in [-0.2, 0) is 23.1 Å². The van der Waals surface area contributed by atoms with Gasteiger partial charge in [-0.3, -0.25) is 5.10 Å². The van der Waals surface area contributed by atoms with E-state index in [2.05, 4.69) is 21.4 Å². The number of aromatic amines is 1. The molecule has 0 unspecified atom stereocenters. The number of nitrogens with zero attached hydrogens (tertiary/aromatic N) is 3. The summed E-state index contributed by atoms with van der Waals surface area (Å²) in [6.07, 6.45) is 0. The lowest BCUT2D eigenvalue weighted by molar-refractivity contribution is 0.304. The van der Waals surface area contributed by atoms with Gasteiger partial charge >= 0.3 is 0 Å². The van der Waals surface area contributed by atoms with E-state index in [1.54, 1.807) is 53.0 Å². The average Bonchev–Trinajstić information content (AvgIpc) is 3.55. The van der Waals surface area contributed by atoms with Gasteiger partial charge in [0.15, 0.2) is 11.5 Å². The van der Waals surface area contributed by atoms with E-state index in [4.69, 9.17) is 21.1 Å². The summed E-state index contributed by atoms with van der Waals surface area (Å²) in [5.74, 6) is 1.84. The Hall–Kier alpha value is -4.60. The summed E-state index contributed by atoms with van der Waals surface area (Å²) in [6, 6.07) is 24.8. The number of H-pyrrole nitrogens is 1. The van der Waals surface area contributed by atoms with E-state index in [0.717, 1.165) is 39.1 Å². The predicted octanol–water partition coefficient (Wildman–Crippen LogP) is 7.60. The molecule has 4 aromatic carbocycles. The van der Waals surface area contributed by atoms with Crippen molar-refractivity contribution in [1.29, 1.82) is 0 Å². The molecule has 1 N–H and O–H groups in total. The maximum atomic E-state index is 13.3. The van der Waals surface area contributed by atoms with Crippen molar-refractivity contribution in [3.8, 4) is 22.9 Å². The SMILES string of the molecule is Cc1cc(C)c(-c2nnc3c(Cl)c(C)[nH]n23)c(C)c1COc1ccc(S(=O)(=O)c2ccc(OCc3ccccc3)cc2)cc1. The fourth-order valence-electron chi connectivity index (χ4n) is 5.33. The Morgan fingerprint density at radius 3 is 1.98 bits per heavy atom. The number of ether oxygens (including phenoxy) is 2. The molecule has 0 atom stereocenters. The molecule has 0 amide bonds. The molecule has 0 bridgehead atoms. The lowest BCUT2D eigenvalue weighted by atomic mass is 9.93. The molecule has 0 aliphatic carbocycles. The van der Waals surface area contributed by atoms with Crippen molar-refractivity contribution in [2.45, 2.75) is 50.7 Å². The molecule has 0 aliphatic rings. The maximum Gasteiger partial charge on any atom is 0.206 e. The van der Waals surface area contributed by atoms with Crippen molar-refractivity contribution in [3.05, 3.63) is 123 Å². The van der Waals surface area contributed by atoms with E-state index in [0.29, 0.717) is 41.2 Å². The highest BCUT2D eigenvalue weighted by molar-refractivity contribution is 7.91. The zero-order chi connectivity index (χ0) is 31.0. The van der Waals surface area contributed by atoms with Gasteiger partial charge in [-0.1, -0.05) is 48.0 Å². The number of aryl methyl sites for hydroxylation is 3. The molecule has 224 valence electrons. The summed E-state index contributed by atoms with van der Waals surface area (Å²) in [5, 5.41) is 12.5. The Labute approximate surface area is 261 Å². The number of halogens is 1. The standard InChI is InChI=1S/C34H31ClN4O4S/c1-21-18-22(2)31(33-36-37-34-32(35)24(4)38-39(33)34)23(3)30(21)20-43-27-12-16-29(17-13-27)44(40,41)28-14-10-26(11-15-28)42-19-25-8-6-5-7-9-25/h5-18,38H,19-20H2,1-4H3. The second kappa shape index (κ2) is 11.8. The monoisotopic (exact) mass is 626 g/mol. The van der Waals surface area contributed by atoms with Crippen molar-refractivity contribution in [3.63, 3.8) is 0 Å². The maximum absolute atomic E-state index is 13.3. The van der Waals surface area contributed by atoms with Gasteiger partial charge in [0, 0.05) is 5.56 Å². The van der Waals surface area contributed by atoms with Gasteiger partial charge in [0.25, 0.3) is 0 Å². The second-order valence-electron chi connectivity index (χ2n) is 10.7. The minimum atomic E-state index is -3.71. The third-order valence-corrected chi connectivity index (χ3v) is 9.96. The number of nitrogens with one attached hydrogen (secondary N) is 1. The molecule has 6 rings (SSSR count). The van der Waals surface area contributed by atoms with E-state index < -0.39 is 9.84 Å². The first-order valence-electron chi connectivity index (χ1n) is 14.1. The molecule has 6 aromatic rings. The van der Waals surface area contributed by atoms with E-state index >= 15 is 0 Å². The third kappa shape index (κ3) is 5.56. The topological polar surface area (TPSA) is 98.6 Å². The zero-order valence-corrected chi connectivity index (χ0v) is 26.3. The summed E-state index contributed by atoms with van der Waals surface area (Å²) in [7, 11) is -3.71. The Morgan fingerprint density at radius 1 is 0.773 bits per heavy atom. The second-order valence-corrected chi connectivity index (χ2v) is 13.1. The molecular weight excluding hydrogens is 596 g/mol. The van der Waals surface area contributed by atoms with Crippen LogP contribution in [0, 0.1) is 27.7 Å². The number of hydrogen-bond acceptors (Lipinski definition) is 6. The lowest BCUT2D eigenvalue weighted by Crippen LogP contribution is -2.06. The van der Waals surface area contributed by atoms with Gasteiger partial charge in [0.1, 0.15) is 29.7 Å². The summed E-state index contributed by atoms with van der Waals surface area (Å²) < 4.78 is 40.3. The predicted molar refractivity (Wildman–Crippen MR) is 170 cm³/mol. The van der Waals surface area contributed by atoms with E-state index in [1.165, 1.54) is 0 Å². The van der Waals surface area contributed by atoms with Crippen molar-refractivity contribution in [1.82, 2.24) is 19.8 Å². The van der Waals surface area contributed by atoms with Gasteiger partial charge in [-0.05, 0) is 104 Å². The number of rotatable bonds is 9. The Balaban J connectivity index is 1.17. The fourth-order valence-corrected chi connectivity index (χ4v) is 6.76. The van der Waals surface area contributed by atoms with Crippen LogP contribution in [0.1, 0.15) is 33.5 Å². The highest BCUT2D eigenvalue weighted by Gasteiger charge is 2.21. The van der Waals surface area contributed by atoms with Crippen LogP contribution < -0.4 is 9.47 Å². The molecule has 0 spiro atoms. The minimum Gasteiger partial charge on any atom is -0.489 e. The Kier molecular flexibility index (Phi) is 7.92. The van der Waals surface area contributed by atoms with Gasteiger partial charge in [0.05, 0.1) is 15.5 Å². The summed E-state index contributed by atoms with van der Waals surface area (Å²) >= 11 is 6.39. The number of hydrogen-bond donors (Lipinski definition) is 1. The highest BCUT2D eigenvalue weighted by Crippen LogP contribution is 2.33. The van der Waals surface area contributed by atoms with E-state index in [1.807, 2.05) is 58.0 Å². The van der Waals surface area contributed by atoms with Crippen LogP contribution in [0.25, 0.3) is 17.0 Å². The number of aromatic nitrogens is 4. The van der Waals surface area contributed by atoms with E-state index in [-0.39, 0.29) is 9.79 Å². The van der Waals surface area contributed by atoms with Crippen LogP contribution in [0.3, 0.4) is 0 Å². The molecule has 0 fully saturated rings. The molecule has 0 saturated carbocycles. The molecular formula is C34H31ClN4O4S. The van der Waals surface area contributed by atoms with Crippen LogP contribution in [-0.4, -0.2) is 28.2 Å². The van der Waals surface area contributed by atoms with E-state index in [9.17, 15) is 8.42 Å². The molecule has 8 nitrogen and oxygen atoms in total. The first-order valence-corrected chi connectivity index (χ1v) is 15.9. The lowest BCUT2D eigenvalue weighted by Gasteiger charge is -2.17. The zero-order valence-electron chi connectivity index (χ0n) is 24.8. The largest absolute Gasteiger partial charge is 0.489 e. The van der Waals surface area contributed by atoms with Crippen LogP contribution in [0.15, 0.2) is 94.7 Å². The summed E-state index contributed by atoms with van der Waals surface area (Å²) in [6.45, 7) is 8.73. The fraction of sp³-hybridized carbons (Fsp3) is 0.176. The average molecular weight is 627 g/mol. The molecule has 10 heteroatoms. The molecule has 0 aliphatic heterocycles. The number of benzene rings is 4. The molecule has 0 saturated heterocycles. The van der Waals surface area contributed by atoms with Crippen LogP contribution in [0.5, 0.6) is 11.5 Å². The van der Waals surface area contributed by atoms with Crippen LogP contribution in [0.2, 0.25) is 5.02 Å². The van der Waals surface area contributed by atoms with Crippen molar-refractivity contribution in [2.75, 3.05) is 0 Å². The molecule has 44 heavy (non-hydrogen) atoms. The third-order valence-electron chi connectivity index (χ3n) is 7.72. The quantitative estimate of drug-likeness (QED) is 0.177. The van der Waals surface area contributed by atoms with Crippen molar-refractivity contribution < 1.29 is 17.9 Å². The molecule has 0 radical (unpaired) electrons. The highest BCUT2D eigenvalue weighted by atomic mass is 35.5. The Morgan fingerprint density at radius 2 is 1.36 bits per heavy atom. The number of fused-ring (bicyclic) bond motifs is 1. The van der Waals surface area contributed by atoms with Gasteiger partial charge in [-0.2, -0.15) is 0 Å². The van der Waals surface area contributed by atoms with Crippen molar-refractivity contribution >= 4 is 27.1 Å². The van der Waals surface area contributed by atoms with Crippen LogP contribution >= 0.6 is 11.6 Å². The molecule has 2 aromatic heterocycles. The summed E-state index contributed by atoms with van der Waals surface area (Å²) in [5.41, 5.74) is 7.58. The minimum absolute atomic E-state index is 0.184. The van der Waals surface area contributed by atoms with Gasteiger partial charge in [0.2, 0.25) is 9.84 Å². The van der Waals surface area contributed by atoms with Crippen molar-refractivity contribution in [2.24, 2.45) is 0 Å². The number of sulfone groups is 1. The normalized spacial score (nSPS) is 11.7. The first-order chi connectivity index (χ1) is 21.1. The van der Waals surface area contributed by atoms with Crippen LogP contribution in [0.4, 0.5) is 0 Å². The van der Waals surface area contributed by atoms with Gasteiger partial charge in [-0.25, -0.2) is 12.9 Å². The van der Waals surface area contributed by atoms with Gasteiger partial charge in [-0.15, -0.1) is 10.2 Å². The van der Waals surface area contributed by atoms with Gasteiger partial charge < -0.3 is 9.47 Å². The smallest absolute Gasteiger partial charge is 0.206 e. The Bertz CT molecular complexity index is 2070.